The quantitative estimate of drug-likeness (QED) is 0.138. The summed E-state index contributed by atoms with van der Waals surface area (Å²) in [4.78, 5) is 23.8. The number of benzene rings is 3. The first-order chi connectivity index (χ1) is 16.8. The van der Waals surface area contributed by atoms with E-state index < -0.39 is 54.5 Å². The van der Waals surface area contributed by atoms with Crippen LogP contribution in [0.2, 0.25) is 0 Å². The number of phenols is 1. The van der Waals surface area contributed by atoms with Gasteiger partial charge in [-0.15, -0.1) is 5.11 Å². The minimum Gasteiger partial charge on any atom is -0.507 e. The molecule has 0 amide bonds. The summed E-state index contributed by atoms with van der Waals surface area (Å²) in [6.45, 7) is 0. The second-order valence-electron chi connectivity index (χ2n) is 7.32. The number of hydrogen-bond acceptors (Lipinski definition) is 10. The van der Waals surface area contributed by atoms with Crippen molar-refractivity contribution in [3.63, 3.8) is 0 Å². The summed E-state index contributed by atoms with van der Waals surface area (Å²) in [5.41, 5.74) is -1.95. The van der Waals surface area contributed by atoms with Crippen molar-refractivity contribution in [2.45, 2.75) is 9.79 Å². The number of azo groups is 1. The van der Waals surface area contributed by atoms with Gasteiger partial charge in [0.2, 0.25) is 0 Å². The number of carboxylic acid groups (broad SMARTS) is 1. The predicted molar refractivity (Wildman–Crippen MR) is 127 cm³/mol. The summed E-state index contributed by atoms with van der Waals surface area (Å²) in [5.74, 6) is -1.93. The first-order valence-corrected chi connectivity index (χ1v) is 12.6. The van der Waals surface area contributed by atoms with Crippen LogP contribution in [0.4, 0.5) is 11.4 Å². The Morgan fingerprint density at radius 2 is 1.56 bits per heavy atom. The molecular weight excluding hydrogens is 520 g/mol. The van der Waals surface area contributed by atoms with Crippen molar-refractivity contribution >= 4 is 49.1 Å². The van der Waals surface area contributed by atoms with Crippen LogP contribution >= 0.6 is 10.9 Å². The highest BCUT2D eigenvalue weighted by Gasteiger charge is 2.22. The van der Waals surface area contributed by atoms with Gasteiger partial charge in [0.25, 0.3) is 15.7 Å². The fourth-order valence-corrected chi connectivity index (χ4v) is 4.28. The van der Waals surface area contributed by atoms with Crippen LogP contribution in [0.15, 0.2) is 79.4 Å². The first-order valence-electron chi connectivity index (χ1n) is 9.61. The standard InChI is InChI=1S/C20H16N4O10S2/c25-16-9-14(36(32,33)34)7-10-1-2-11(8-15(10)16)21-22-17-18(20(27)28)23-24(19(17)26)12-3-5-13(6-4-12)35(29,30)31/h1-9,23,25,32-34H,(H,27,28)(H,29,30,31). The van der Waals surface area contributed by atoms with Crippen LogP contribution in [0.3, 0.4) is 0 Å². The van der Waals surface area contributed by atoms with E-state index in [9.17, 15) is 41.9 Å². The number of carbonyl (C=O) groups is 1. The summed E-state index contributed by atoms with van der Waals surface area (Å²) >= 11 is 0. The van der Waals surface area contributed by atoms with E-state index in [0.29, 0.717) is 5.39 Å². The molecule has 0 saturated heterocycles. The van der Waals surface area contributed by atoms with E-state index in [2.05, 4.69) is 15.3 Å². The molecule has 0 fully saturated rings. The van der Waals surface area contributed by atoms with Gasteiger partial charge in [0, 0.05) is 5.39 Å². The van der Waals surface area contributed by atoms with Crippen molar-refractivity contribution in [1.82, 2.24) is 9.78 Å². The topological polar surface area (TPSA) is 235 Å². The van der Waals surface area contributed by atoms with E-state index in [4.69, 9.17) is 4.55 Å². The van der Waals surface area contributed by atoms with Gasteiger partial charge >= 0.3 is 5.97 Å². The lowest BCUT2D eigenvalue weighted by molar-refractivity contribution is 0.0690. The number of nitrogens with one attached hydrogen (secondary N) is 1. The van der Waals surface area contributed by atoms with Gasteiger partial charge in [0.1, 0.15) is 16.6 Å². The molecule has 0 saturated carbocycles. The van der Waals surface area contributed by atoms with Gasteiger partial charge in [-0.05, 0) is 53.9 Å². The molecule has 188 valence electrons. The molecule has 0 aliphatic carbocycles. The summed E-state index contributed by atoms with van der Waals surface area (Å²) in [5, 5.41) is 30.1. The van der Waals surface area contributed by atoms with Crippen LogP contribution in [0.1, 0.15) is 10.5 Å². The largest absolute Gasteiger partial charge is 0.507 e. The van der Waals surface area contributed by atoms with Crippen molar-refractivity contribution in [2.75, 3.05) is 0 Å². The molecule has 0 spiro atoms. The number of H-pyrrole nitrogens is 1. The maximum absolute atomic E-state index is 12.8. The van der Waals surface area contributed by atoms with E-state index >= 15 is 0 Å². The average molecular weight is 537 g/mol. The van der Waals surface area contributed by atoms with E-state index in [-0.39, 0.29) is 21.7 Å². The maximum atomic E-state index is 12.8. The molecule has 16 heteroatoms. The Balaban J connectivity index is 1.74. The first kappa shape index (κ1) is 25.0. The van der Waals surface area contributed by atoms with Gasteiger partial charge in [0.15, 0.2) is 11.4 Å². The van der Waals surface area contributed by atoms with E-state index in [1.165, 1.54) is 24.3 Å². The number of aromatic hydroxyl groups is 1. The fourth-order valence-electron chi connectivity index (χ4n) is 3.25. The van der Waals surface area contributed by atoms with Gasteiger partial charge in [-0.25, -0.2) is 9.48 Å². The SMILES string of the molecule is O=C(O)c1[nH]n(-c2ccc(S(=O)(=O)O)cc2)c(=O)c1N=Nc1ccc2cc(S(O)(O)O)cc(O)c2c1. The molecule has 7 N–H and O–H groups in total. The molecule has 4 rings (SSSR count). The van der Waals surface area contributed by atoms with Gasteiger partial charge in [-0.1, -0.05) is 6.07 Å². The van der Waals surface area contributed by atoms with Crippen molar-refractivity contribution in [3.05, 3.63) is 70.6 Å². The molecular formula is C20H16N4O10S2. The number of fused-ring (bicyclic) bond motifs is 1. The molecule has 0 bridgehead atoms. The number of carboxylic acids is 1. The average Bonchev–Trinajstić information content (AvgIpc) is 3.13. The lowest BCUT2D eigenvalue weighted by Gasteiger charge is -2.20. The van der Waals surface area contributed by atoms with E-state index in [0.717, 1.165) is 35.0 Å². The van der Waals surface area contributed by atoms with Crippen molar-refractivity contribution in [1.29, 1.82) is 0 Å². The second kappa shape index (κ2) is 8.86. The Labute approximate surface area is 202 Å². The van der Waals surface area contributed by atoms with Crippen molar-refractivity contribution in [2.24, 2.45) is 10.2 Å². The highest BCUT2D eigenvalue weighted by molar-refractivity contribution is 8.19. The number of nitrogens with zero attached hydrogens (tertiary/aromatic N) is 3. The van der Waals surface area contributed by atoms with Gasteiger partial charge in [-0.2, -0.15) is 13.5 Å². The highest BCUT2D eigenvalue weighted by Crippen LogP contribution is 2.46. The predicted octanol–water partition coefficient (Wildman–Crippen LogP) is 3.97. The van der Waals surface area contributed by atoms with Crippen LogP contribution < -0.4 is 5.56 Å². The zero-order chi connectivity index (χ0) is 26.4. The molecule has 36 heavy (non-hydrogen) atoms. The second-order valence-corrected chi connectivity index (χ2v) is 10.2. The molecule has 0 aliphatic heterocycles. The normalized spacial score (nSPS) is 12.9. The van der Waals surface area contributed by atoms with Crippen LogP contribution in [0.5, 0.6) is 5.75 Å². The molecule has 1 aromatic heterocycles. The Morgan fingerprint density at radius 3 is 2.14 bits per heavy atom. The molecule has 0 radical (unpaired) electrons. The van der Waals surface area contributed by atoms with Gasteiger partial charge < -0.3 is 23.9 Å². The van der Waals surface area contributed by atoms with Gasteiger partial charge in [0.05, 0.1) is 21.2 Å². The lowest BCUT2D eigenvalue weighted by Crippen LogP contribution is -2.14. The Bertz CT molecular complexity index is 1700. The van der Waals surface area contributed by atoms with Crippen LogP contribution in [-0.4, -0.2) is 52.6 Å². The minimum absolute atomic E-state index is 0.0534. The Hall–Kier alpha value is -4.06. The highest BCUT2D eigenvalue weighted by atomic mass is 32.3. The smallest absolute Gasteiger partial charge is 0.356 e. The lowest BCUT2D eigenvalue weighted by atomic mass is 10.1. The third-order valence-corrected chi connectivity index (χ3v) is 6.68. The van der Waals surface area contributed by atoms with Crippen LogP contribution in [0.25, 0.3) is 16.5 Å². The van der Waals surface area contributed by atoms with E-state index in [1.807, 2.05) is 0 Å². The molecule has 4 aromatic rings. The number of phenolic OH excluding ortho intramolecular Hbond substituents is 1. The summed E-state index contributed by atoms with van der Waals surface area (Å²) in [7, 11) is -8.54. The molecule has 14 nitrogen and oxygen atoms in total. The van der Waals surface area contributed by atoms with Gasteiger partial charge in [-0.3, -0.25) is 14.4 Å². The van der Waals surface area contributed by atoms with E-state index in [1.54, 1.807) is 0 Å². The summed E-state index contributed by atoms with van der Waals surface area (Å²) in [6.07, 6.45) is 0. The Kier molecular flexibility index (Phi) is 6.17. The number of hydrogen-bond donors (Lipinski definition) is 7. The minimum atomic E-state index is -4.48. The molecule has 3 aromatic carbocycles. The molecule has 1 heterocycles. The van der Waals surface area contributed by atoms with Crippen molar-refractivity contribution < 1.29 is 41.6 Å². The molecule has 0 aliphatic rings. The van der Waals surface area contributed by atoms with Crippen LogP contribution in [-0.2, 0) is 10.1 Å². The third kappa shape index (κ3) is 4.85. The maximum Gasteiger partial charge on any atom is 0.356 e. The number of aromatic amines is 1. The molecule has 0 atom stereocenters. The Morgan fingerprint density at radius 1 is 0.889 bits per heavy atom. The summed E-state index contributed by atoms with van der Waals surface area (Å²) < 4.78 is 60.5. The fraction of sp³-hybridized carbons (Fsp3) is 0. The molecule has 0 unspecified atom stereocenters. The van der Waals surface area contributed by atoms with Crippen molar-refractivity contribution in [3.8, 4) is 11.4 Å². The number of aromatic nitrogens is 2. The number of aromatic carboxylic acids is 1. The summed E-state index contributed by atoms with van der Waals surface area (Å²) in [6, 6.07) is 10.7. The number of rotatable bonds is 6. The zero-order valence-electron chi connectivity index (χ0n) is 17.7. The third-order valence-electron chi connectivity index (χ3n) is 4.94. The monoisotopic (exact) mass is 536 g/mol. The van der Waals surface area contributed by atoms with Crippen LogP contribution in [0, 0.1) is 0 Å². The zero-order valence-corrected chi connectivity index (χ0v) is 19.3.